The van der Waals surface area contributed by atoms with E-state index in [9.17, 15) is 9.90 Å². The summed E-state index contributed by atoms with van der Waals surface area (Å²) in [7, 11) is 0. The van der Waals surface area contributed by atoms with Gasteiger partial charge in [-0.15, -0.1) is 0 Å². The number of fused-ring (bicyclic) bond motifs is 7. The standard InChI is InChI=1S/C34H54O3/c1-9-37-28(36)15-19-34-18-12-23(22(2)3)29(34)24-10-11-26-31(6)16-14-27(35)30(4,5)25(31)13-17-33(26,8)32(24,7)20-21-34/h15,19,23-27,29,35H,2,9-14,16-18,20-21H2,1,3-8H3. The van der Waals surface area contributed by atoms with E-state index in [-0.39, 0.29) is 22.9 Å². The van der Waals surface area contributed by atoms with E-state index in [1.807, 2.05) is 6.92 Å². The minimum absolute atomic E-state index is 0.00218. The van der Waals surface area contributed by atoms with Crippen LogP contribution in [0, 0.1) is 56.7 Å². The van der Waals surface area contributed by atoms with Gasteiger partial charge in [-0.2, -0.15) is 0 Å². The molecule has 1 N–H and O–H groups in total. The summed E-state index contributed by atoms with van der Waals surface area (Å²) in [6.07, 6.45) is 16.0. The average Bonchev–Trinajstić information content (AvgIpc) is 3.21. The number of rotatable bonds is 4. The van der Waals surface area contributed by atoms with Crippen LogP contribution in [0.5, 0.6) is 0 Å². The summed E-state index contributed by atoms with van der Waals surface area (Å²) in [6.45, 7) is 21.7. The highest BCUT2D eigenvalue weighted by molar-refractivity contribution is 5.82. The highest BCUT2D eigenvalue weighted by Crippen LogP contribution is 2.77. The van der Waals surface area contributed by atoms with Gasteiger partial charge in [-0.1, -0.05) is 52.8 Å². The van der Waals surface area contributed by atoms with E-state index in [4.69, 9.17) is 4.74 Å². The van der Waals surface area contributed by atoms with Gasteiger partial charge >= 0.3 is 5.97 Å². The van der Waals surface area contributed by atoms with Gasteiger partial charge in [0.2, 0.25) is 0 Å². The second-order valence-corrected chi connectivity index (χ2v) is 15.4. The Labute approximate surface area is 226 Å². The minimum Gasteiger partial charge on any atom is -0.463 e. The lowest BCUT2D eigenvalue weighted by atomic mass is 9.32. The molecule has 0 radical (unpaired) electrons. The Kier molecular flexibility index (Phi) is 6.66. The van der Waals surface area contributed by atoms with E-state index in [1.165, 1.54) is 63.4 Å². The van der Waals surface area contributed by atoms with Crippen molar-refractivity contribution in [3.63, 3.8) is 0 Å². The fourth-order valence-corrected chi connectivity index (χ4v) is 11.9. The first-order valence-corrected chi connectivity index (χ1v) is 15.5. The second-order valence-electron chi connectivity index (χ2n) is 15.4. The average molecular weight is 511 g/mol. The number of allylic oxidation sites excluding steroid dienone is 2. The van der Waals surface area contributed by atoms with Crippen molar-refractivity contribution in [3.05, 3.63) is 24.3 Å². The van der Waals surface area contributed by atoms with Crippen LogP contribution in [-0.4, -0.2) is 23.8 Å². The predicted octanol–water partition coefficient (Wildman–Crippen LogP) is 8.12. The molecule has 0 aromatic heterocycles. The molecule has 3 nitrogen and oxygen atoms in total. The summed E-state index contributed by atoms with van der Waals surface area (Å²) in [5, 5.41) is 11.0. The highest BCUT2D eigenvalue weighted by Gasteiger charge is 2.70. The Morgan fingerprint density at radius 1 is 0.919 bits per heavy atom. The zero-order valence-electron chi connectivity index (χ0n) is 24.9. The zero-order chi connectivity index (χ0) is 27.0. The molecule has 5 saturated carbocycles. The molecule has 5 aliphatic rings. The van der Waals surface area contributed by atoms with Crippen molar-refractivity contribution in [2.24, 2.45) is 56.7 Å². The van der Waals surface area contributed by atoms with Gasteiger partial charge in [-0.05, 0) is 135 Å². The van der Waals surface area contributed by atoms with Crippen LogP contribution in [0.25, 0.3) is 0 Å². The third kappa shape index (κ3) is 3.71. The molecule has 37 heavy (non-hydrogen) atoms. The van der Waals surface area contributed by atoms with Gasteiger partial charge in [0.25, 0.3) is 0 Å². The van der Waals surface area contributed by atoms with Crippen molar-refractivity contribution < 1.29 is 14.6 Å². The van der Waals surface area contributed by atoms with Crippen LogP contribution in [0.15, 0.2) is 24.3 Å². The molecule has 208 valence electrons. The molecule has 0 aromatic rings. The normalized spacial score (nSPS) is 50.5. The van der Waals surface area contributed by atoms with Gasteiger partial charge < -0.3 is 9.84 Å². The van der Waals surface area contributed by atoms with Crippen LogP contribution in [0.3, 0.4) is 0 Å². The first kappa shape index (κ1) is 27.5. The quantitative estimate of drug-likeness (QED) is 0.236. The molecule has 0 amide bonds. The summed E-state index contributed by atoms with van der Waals surface area (Å²) < 4.78 is 5.29. The van der Waals surface area contributed by atoms with Gasteiger partial charge in [0.05, 0.1) is 12.7 Å². The Morgan fingerprint density at radius 3 is 2.32 bits per heavy atom. The molecule has 0 bridgehead atoms. The maximum atomic E-state index is 12.4. The first-order valence-electron chi connectivity index (χ1n) is 15.5. The molecule has 5 fully saturated rings. The number of carbonyl (C=O) groups is 1. The van der Waals surface area contributed by atoms with E-state index < -0.39 is 0 Å². The molecule has 5 rings (SSSR count). The lowest BCUT2D eigenvalue weighted by Crippen LogP contribution is -2.66. The maximum absolute atomic E-state index is 12.4. The predicted molar refractivity (Wildman–Crippen MR) is 151 cm³/mol. The molecule has 0 aromatic carbocycles. The largest absolute Gasteiger partial charge is 0.463 e. The summed E-state index contributed by atoms with van der Waals surface area (Å²) in [5.74, 6) is 2.92. The van der Waals surface area contributed by atoms with Crippen molar-refractivity contribution in [2.75, 3.05) is 6.61 Å². The Hall–Kier alpha value is -1.09. The number of hydrogen-bond donors (Lipinski definition) is 1. The number of hydrogen-bond acceptors (Lipinski definition) is 3. The van der Waals surface area contributed by atoms with Crippen LogP contribution in [0.1, 0.15) is 113 Å². The second kappa shape index (κ2) is 8.97. The van der Waals surface area contributed by atoms with Crippen LogP contribution < -0.4 is 0 Å². The monoisotopic (exact) mass is 510 g/mol. The number of carbonyl (C=O) groups excluding carboxylic acids is 1. The van der Waals surface area contributed by atoms with E-state index in [0.717, 1.165) is 12.3 Å². The molecular weight excluding hydrogens is 456 g/mol. The Balaban J connectivity index is 1.52. The summed E-state index contributed by atoms with van der Waals surface area (Å²) in [6, 6.07) is 0. The van der Waals surface area contributed by atoms with E-state index in [0.29, 0.717) is 46.5 Å². The molecule has 0 spiro atoms. The molecule has 0 aliphatic heterocycles. The van der Waals surface area contributed by atoms with Gasteiger partial charge in [-0.25, -0.2) is 4.79 Å². The third-order valence-corrected chi connectivity index (χ3v) is 13.9. The van der Waals surface area contributed by atoms with Crippen molar-refractivity contribution in [1.29, 1.82) is 0 Å². The van der Waals surface area contributed by atoms with Gasteiger partial charge in [-0.3, -0.25) is 0 Å². The van der Waals surface area contributed by atoms with Crippen molar-refractivity contribution >= 4 is 5.97 Å². The fraction of sp³-hybridized carbons (Fsp3) is 0.853. The van der Waals surface area contributed by atoms with Crippen molar-refractivity contribution in [3.8, 4) is 0 Å². The lowest BCUT2D eigenvalue weighted by molar-refractivity contribution is -0.244. The Bertz CT molecular complexity index is 964. The van der Waals surface area contributed by atoms with Gasteiger partial charge in [0, 0.05) is 6.08 Å². The van der Waals surface area contributed by atoms with E-state index >= 15 is 0 Å². The van der Waals surface area contributed by atoms with Crippen LogP contribution >= 0.6 is 0 Å². The molecule has 10 unspecified atom stereocenters. The van der Waals surface area contributed by atoms with Crippen LogP contribution in [0.2, 0.25) is 0 Å². The molecule has 0 heterocycles. The van der Waals surface area contributed by atoms with Gasteiger partial charge in [0.15, 0.2) is 0 Å². The minimum atomic E-state index is -0.188. The topological polar surface area (TPSA) is 46.5 Å². The SMILES string of the molecule is C=C(C)C1CCC2(C=CC(=O)OCC)CCC3(C)C(CCC4C5(C)CCC(O)C(C)(C)C5CCC43C)C12. The summed E-state index contributed by atoms with van der Waals surface area (Å²) >= 11 is 0. The third-order valence-electron chi connectivity index (χ3n) is 13.9. The van der Waals surface area contributed by atoms with E-state index in [1.54, 1.807) is 6.08 Å². The first-order chi connectivity index (χ1) is 17.3. The maximum Gasteiger partial charge on any atom is 0.330 e. The highest BCUT2D eigenvalue weighted by atomic mass is 16.5. The summed E-state index contributed by atoms with van der Waals surface area (Å²) in [4.78, 5) is 12.4. The summed E-state index contributed by atoms with van der Waals surface area (Å²) in [5.41, 5.74) is 2.37. The van der Waals surface area contributed by atoms with Gasteiger partial charge in [0.1, 0.15) is 0 Å². The smallest absolute Gasteiger partial charge is 0.330 e. The Morgan fingerprint density at radius 2 is 1.65 bits per heavy atom. The lowest BCUT2D eigenvalue weighted by Gasteiger charge is -2.73. The number of ether oxygens (including phenoxy) is 1. The molecule has 10 atom stereocenters. The van der Waals surface area contributed by atoms with Crippen LogP contribution in [-0.2, 0) is 9.53 Å². The fourth-order valence-electron chi connectivity index (χ4n) is 11.9. The molecular formula is C34H54O3. The number of aliphatic hydroxyl groups is 1. The molecule has 5 aliphatic carbocycles. The van der Waals surface area contributed by atoms with E-state index in [2.05, 4.69) is 54.2 Å². The van der Waals surface area contributed by atoms with Crippen molar-refractivity contribution in [1.82, 2.24) is 0 Å². The van der Waals surface area contributed by atoms with Crippen LogP contribution in [0.4, 0.5) is 0 Å². The number of esters is 1. The molecule has 0 saturated heterocycles. The molecule has 3 heteroatoms. The van der Waals surface area contributed by atoms with Crippen molar-refractivity contribution in [2.45, 2.75) is 119 Å². The zero-order valence-corrected chi connectivity index (χ0v) is 24.9. The number of aliphatic hydroxyl groups excluding tert-OH is 1.